The van der Waals surface area contributed by atoms with Crippen molar-refractivity contribution in [2.24, 2.45) is 11.8 Å². The third kappa shape index (κ3) is 3.21. The molecule has 0 bridgehead atoms. The van der Waals surface area contributed by atoms with Crippen molar-refractivity contribution in [3.63, 3.8) is 0 Å². The van der Waals surface area contributed by atoms with E-state index in [9.17, 15) is 9.59 Å². The molecule has 8 nitrogen and oxygen atoms in total. The van der Waals surface area contributed by atoms with Crippen molar-refractivity contribution < 1.29 is 14.7 Å². The van der Waals surface area contributed by atoms with Crippen LogP contribution in [0.2, 0.25) is 0 Å². The summed E-state index contributed by atoms with van der Waals surface area (Å²) in [6.07, 6.45) is 3.28. The van der Waals surface area contributed by atoms with E-state index in [0.29, 0.717) is 19.6 Å². The smallest absolute Gasteiger partial charge is 0.317 e. The number of amides is 2. The van der Waals surface area contributed by atoms with Gasteiger partial charge in [0, 0.05) is 25.8 Å². The number of aromatic nitrogens is 3. The number of nitrogens with one attached hydrogen (secondary N) is 1. The van der Waals surface area contributed by atoms with Crippen LogP contribution >= 0.6 is 0 Å². The Balaban J connectivity index is 1.76. The van der Waals surface area contributed by atoms with Gasteiger partial charge in [-0.05, 0) is 5.92 Å². The van der Waals surface area contributed by atoms with E-state index in [1.54, 1.807) is 22.0 Å². The first-order valence-corrected chi connectivity index (χ1v) is 6.17. The molecule has 2 unspecified atom stereocenters. The van der Waals surface area contributed by atoms with Crippen LogP contribution < -0.4 is 5.32 Å². The second-order valence-electron chi connectivity index (χ2n) is 4.73. The maximum Gasteiger partial charge on any atom is 0.317 e. The van der Waals surface area contributed by atoms with Crippen molar-refractivity contribution in [3.8, 4) is 0 Å². The van der Waals surface area contributed by atoms with Gasteiger partial charge in [-0.3, -0.25) is 9.48 Å². The number of carboxylic acid groups (broad SMARTS) is 1. The van der Waals surface area contributed by atoms with Gasteiger partial charge in [-0.15, -0.1) is 5.10 Å². The topological polar surface area (TPSA) is 100 Å². The molecule has 1 aliphatic rings. The first-order chi connectivity index (χ1) is 9.08. The third-order valence-corrected chi connectivity index (χ3v) is 3.31. The summed E-state index contributed by atoms with van der Waals surface area (Å²) in [7, 11) is 0. The van der Waals surface area contributed by atoms with Crippen LogP contribution in [-0.2, 0) is 11.3 Å². The molecular formula is C11H17N5O3. The zero-order valence-corrected chi connectivity index (χ0v) is 10.7. The normalized spacial score (nSPS) is 22.5. The number of carboxylic acids is 1. The molecule has 2 amide bonds. The van der Waals surface area contributed by atoms with Gasteiger partial charge in [-0.25, -0.2) is 4.79 Å². The fourth-order valence-corrected chi connectivity index (χ4v) is 2.20. The minimum absolute atomic E-state index is 0.0152. The number of hydrogen-bond donors (Lipinski definition) is 2. The molecule has 2 rings (SSSR count). The van der Waals surface area contributed by atoms with E-state index in [4.69, 9.17) is 5.11 Å². The highest BCUT2D eigenvalue weighted by Crippen LogP contribution is 2.22. The van der Waals surface area contributed by atoms with Gasteiger partial charge < -0.3 is 15.3 Å². The van der Waals surface area contributed by atoms with Gasteiger partial charge in [0.25, 0.3) is 0 Å². The number of urea groups is 1. The third-order valence-electron chi connectivity index (χ3n) is 3.31. The first kappa shape index (κ1) is 13.3. The van der Waals surface area contributed by atoms with Crippen LogP contribution in [0.15, 0.2) is 12.4 Å². The molecule has 2 atom stereocenters. The Labute approximate surface area is 110 Å². The summed E-state index contributed by atoms with van der Waals surface area (Å²) in [5.74, 6) is -1.33. The Bertz CT molecular complexity index is 447. The van der Waals surface area contributed by atoms with Gasteiger partial charge in [0.05, 0.1) is 18.7 Å². The molecular weight excluding hydrogens is 250 g/mol. The molecule has 19 heavy (non-hydrogen) atoms. The summed E-state index contributed by atoms with van der Waals surface area (Å²) in [5.41, 5.74) is 0. The van der Waals surface area contributed by atoms with Gasteiger partial charge in [0.2, 0.25) is 0 Å². The van der Waals surface area contributed by atoms with Gasteiger partial charge >= 0.3 is 12.0 Å². The average Bonchev–Trinajstić information content (AvgIpc) is 2.98. The number of nitrogens with zero attached hydrogens (tertiary/aromatic N) is 4. The van der Waals surface area contributed by atoms with E-state index in [1.165, 1.54) is 0 Å². The van der Waals surface area contributed by atoms with Gasteiger partial charge in [0.15, 0.2) is 0 Å². The molecule has 0 aromatic carbocycles. The second kappa shape index (κ2) is 5.68. The van der Waals surface area contributed by atoms with Crippen LogP contribution in [0.4, 0.5) is 4.79 Å². The average molecular weight is 267 g/mol. The highest BCUT2D eigenvalue weighted by molar-refractivity contribution is 5.77. The fourth-order valence-electron chi connectivity index (χ4n) is 2.20. The molecule has 0 aliphatic carbocycles. The molecule has 0 radical (unpaired) electrons. The van der Waals surface area contributed by atoms with E-state index < -0.39 is 11.9 Å². The fraction of sp³-hybridized carbons (Fsp3) is 0.636. The van der Waals surface area contributed by atoms with Crippen LogP contribution in [0.1, 0.15) is 6.92 Å². The van der Waals surface area contributed by atoms with Crippen molar-refractivity contribution in [3.05, 3.63) is 12.4 Å². The molecule has 2 N–H and O–H groups in total. The lowest BCUT2D eigenvalue weighted by atomic mass is 9.99. The van der Waals surface area contributed by atoms with Crippen molar-refractivity contribution >= 4 is 12.0 Å². The van der Waals surface area contributed by atoms with Crippen LogP contribution in [-0.4, -0.2) is 56.6 Å². The van der Waals surface area contributed by atoms with Gasteiger partial charge in [-0.1, -0.05) is 12.1 Å². The van der Waals surface area contributed by atoms with E-state index in [1.807, 2.05) is 6.92 Å². The highest BCUT2D eigenvalue weighted by atomic mass is 16.4. The SMILES string of the molecule is CC1CN(C(=O)NCCn2ccnn2)CC1C(=O)O. The maximum atomic E-state index is 11.9. The van der Waals surface area contributed by atoms with E-state index in [-0.39, 0.29) is 18.5 Å². The lowest BCUT2D eigenvalue weighted by Crippen LogP contribution is -2.40. The number of likely N-dealkylation sites (tertiary alicyclic amines) is 1. The standard InChI is InChI=1S/C11H17N5O3/c1-8-6-15(7-9(8)10(17)18)11(19)12-2-4-16-5-3-13-14-16/h3,5,8-9H,2,4,6-7H2,1H3,(H,12,19)(H,17,18). The largest absolute Gasteiger partial charge is 0.481 e. The van der Waals surface area contributed by atoms with Crippen molar-refractivity contribution in [2.45, 2.75) is 13.5 Å². The molecule has 1 aromatic heterocycles. The van der Waals surface area contributed by atoms with Crippen LogP contribution in [0, 0.1) is 11.8 Å². The van der Waals surface area contributed by atoms with E-state index in [2.05, 4.69) is 15.6 Å². The molecule has 1 aromatic rings. The van der Waals surface area contributed by atoms with Crippen molar-refractivity contribution in [1.29, 1.82) is 0 Å². The summed E-state index contributed by atoms with van der Waals surface area (Å²) in [6.45, 7) is 3.57. The van der Waals surface area contributed by atoms with Crippen LogP contribution in [0.3, 0.4) is 0 Å². The Morgan fingerprint density at radius 2 is 2.26 bits per heavy atom. The maximum absolute atomic E-state index is 11.9. The molecule has 8 heteroatoms. The Morgan fingerprint density at radius 3 is 2.84 bits per heavy atom. The first-order valence-electron chi connectivity index (χ1n) is 6.17. The summed E-state index contributed by atoms with van der Waals surface area (Å²) in [6, 6.07) is -0.226. The van der Waals surface area contributed by atoms with Gasteiger partial charge in [0.1, 0.15) is 0 Å². The summed E-state index contributed by atoms with van der Waals surface area (Å²) in [5, 5.41) is 19.2. The quantitative estimate of drug-likeness (QED) is 0.776. The van der Waals surface area contributed by atoms with Crippen molar-refractivity contribution in [2.75, 3.05) is 19.6 Å². The molecule has 2 heterocycles. The Kier molecular flexibility index (Phi) is 3.98. The summed E-state index contributed by atoms with van der Waals surface area (Å²) < 4.78 is 1.62. The Morgan fingerprint density at radius 1 is 1.47 bits per heavy atom. The molecule has 1 fully saturated rings. The number of aliphatic carboxylic acids is 1. The van der Waals surface area contributed by atoms with Crippen LogP contribution in [0.25, 0.3) is 0 Å². The number of carbonyl (C=O) groups is 2. The number of carbonyl (C=O) groups excluding carboxylic acids is 1. The monoisotopic (exact) mass is 267 g/mol. The molecule has 1 aliphatic heterocycles. The molecule has 1 saturated heterocycles. The molecule has 0 spiro atoms. The Hall–Kier alpha value is -2.12. The van der Waals surface area contributed by atoms with E-state index in [0.717, 1.165) is 0 Å². The lowest BCUT2D eigenvalue weighted by Gasteiger charge is -2.16. The van der Waals surface area contributed by atoms with E-state index >= 15 is 0 Å². The zero-order valence-electron chi connectivity index (χ0n) is 10.7. The molecule has 104 valence electrons. The highest BCUT2D eigenvalue weighted by Gasteiger charge is 2.36. The summed E-state index contributed by atoms with van der Waals surface area (Å²) >= 11 is 0. The molecule has 0 saturated carbocycles. The number of hydrogen-bond acceptors (Lipinski definition) is 4. The summed E-state index contributed by atoms with van der Waals surface area (Å²) in [4.78, 5) is 24.4. The van der Waals surface area contributed by atoms with Crippen molar-refractivity contribution in [1.82, 2.24) is 25.2 Å². The number of rotatable bonds is 4. The second-order valence-corrected chi connectivity index (χ2v) is 4.73. The minimum Gasteiger partial charge on any atom is -0.481 e. The predicted octanol–water partition coefficient (Wildman–Crippen LogP) is -0.360. The minimum atomic E-state index is -0.842. The predicted molar refractivity (Wildman–Crippen MR) is 65.3 cm³/mol. The lowest BCUT2D eigenvalue weighted by molar-refractivity contribution is -0.142. The van der Waals surface area contributed by atoms with Gasteiger partial charge in [-0.2, -0.15) is 0 Å². The zero-order chi connectivity index (χ0) is 13.8. The van der Waals surface area contributed by atoms with Crippen LogP contribution in [0.5, 0.6) is 0 Å².